The van der Waals surface area contributed by atoms with Gasteiger partial charge in [0, 0.05) is 9.13 Å². The molecule has 0 saturated carbocycles. The maximum absolute atomic E-state index is 11.1. The van der Waals surface area contributed by atoms with E-state index in [4.69, 9.17) is 4.74 Å². The Bertz CT molecular complexity index is 321. The Labute approximate surface area is 91.4 Å². The maximum atomic E-state index is 11.1. The molecular weight excluding hydrogens is 279 g/mol. The monoisotopic (exact) mass is 290 g/mol. The molecule has 0 amide bonds. The second-order valence-corrected chi connectivity index (χ2v) is 3.79. The third-order valence-corrected chi connectivity index (χ3v) is 2.52. The Balaban J connectivity index is 2.98. The number of rotatable bonds is 3. The van der Waals surface area contributed by atoms with E-state index < -0.39 is 0 Å². The Morgan fingerprint density at radius 3 is 2.69 bits per heavy atom. The normalized spacial score (nSPS) is 9.77. The van der Waals surface area contributed by atoms with E-state index in [1.807, 2.05) is 19.1 Å². The molecule has 13 heavy (non-hydrogen) atoms. The fraction of sp³-hybridized carbons (Fsp3) is 0.300. The summed E-state index contributed by atoms with van der Waals surface area (Å²) in [5.74, 6) is 0.907. The van der Waals surface area contributed by atoms with Gasteiger partial charge in [0.25, 0.3) is 0 Å². The Morgan fingerprint density at radius 1 is 1.54 bits per heavy atom. The lowest BCUT2D eigenvalue weighted by Gasteiger charge is -2.05. The molecule has 0 radical (unpaired) electrons. The van der Waals surface area contributed by atoms with E-state index in [-0.39, 0.29) is 5.78 Å². The van der Waals surface area contributed by atoms with Crippen molar-refractivity contribution in [3.8, 4) is 5.75 Å². The van der Waals surface area contributed by atoms with Crippen molar-refractivity contribution in [2.24, 2.45) is 0 Å². The van der Waals surface area contributed by atoms with E-state index in [0.717, 1.165) is 14.9 Å². The van der Waals surface area contributed by atoms with Crippen LogP contribution in [-0.2, 0) is 0 Å². The van der Waals surface area contributed by atoms with Crippen LogP contribution in [0.15, 0.2) is 18.2 Å². The highest BCUT2D eigenvalue weighted by atomic mass is 127. The van der Waals surface area contributed by atoms with Crippen LogP contribution in [0.5, 0.6) is 5.75 Å². The molecule has 1 aromatic carbocycles. The fourth-order valence-corrected chi connectivity index (χ4v) is 1.90. The van der Waals surface area contributed by atoms with E-state index in [2.05, 4.69) is 22.6 Å². The van der Waals surface area contributed by atoms with Gasteiger partial charge in [-0.3, -0.25) is 4.79 Å². The van der Waals surface area contributed by atoms with Gasteiger partial charge in [-0.05, 0) is 54.6 Å². The van der Waals surface area contributed by atoms with Gasteiger partial charge in [0.1, 0.15) is 5.75 Å². The molecule has 0 unspecified atom stereocenters. The van der Waals surface area contributed by atoms with Crippen molar-refractivity contribution < 1.29 is 9.53 Å². The molecule has 0 atom stereocenters. The van der Waals surface area contributed by atoms with Crippen LogP contribution in [0.25, 0.3) is 0 Å². The molecule has 2 nitrogen and oxygen atoms in total. The Hall–Kier alpha value is -0.580. The van der Waals surface area contributed by atoms with Gasteiger partial charge in [-0.1, -0.05) is 0 Å². The summed E-state index contributed by atoms with van der Waals surface area (Å²) in [7, 11) is 0. The number of ether oxygens (including phenoxy) is 1. The summed E-state index contributed by atoms with van der Waals surface area (Å²) in [6, 6.07) is 5.50. The summed E-state index contributed by atoms with van der Waals surface area (Å²) >= 11 is 2.14. The van der Waals surface area contributed by atoms with Crippen molar-refractivity contribution in [1.29, 1.82) is 0 Å². The van der Waals surface area contributed by atoms with Gasteiger partial charge >= 0.3 is 0 Å². The minimum absolute atomic E-state index is 0.0902. The number of Topliss-reactive ketones (excluding diaryl/α,β-unsaturated/α-hetero) is 1. The molecule has 70 valence electrons. The van der Waals surface area contributed by atoms with Crippen molar-refractivity contribution in [2.45, 2.75) is 13.8 Å². The predicted octanol–water partition coefficient (Wildman–Crippen LogP) is 2.89. The lowest BCUT2D eigenvalue weighted by atomic mass is 10.1. The summed E-state index contributed by atoms with van der Waals surface area (Å²) in [6.45, 7) is 4.15. The van der Waals surface area contributed by atoms with Gasteiger partial charge in [-0.25, -0.2) is 0 Å². The maximum Gasteiger partial charge on any atom is 0.160 e. The molecule has 0 aliphatic rings. The first kappa shape index (κ1) is 10.5. The smallest absolute Gasteiger partial charge is 0.160 e. The molecule has 1 rings (SSSR count). The van der Waals surface area contributed by atoms with Crippen molar-refractivity contribution in [3.63, 3.8) is 0 Å². The molecular formula is C10H11IO2. The molecule has 0 fully saturated rings. The zero-order valence-corrected chi connectivity index (χ0v) is 9.79. The van der Waals surface area contributed by atoms with Crippen molar-refractivity contribution in [3.05, 3.63) is 27.3 Å². The van der Waals surface area contributed by atoms with E-state index in [1.54, 1.807) is 13.0 Å². The first-order chi connectivity index (χ1) is 6.15. The molecule has 0 heterocycles. The SMILES string of the molecule is CCOc1ccc(C(C)=O)c(I)c1. The fourth-order valence-electron chi connectivity index (χ4n) is 1.04. The highest BCUT2D eigenvalue weighted by Crippen LogP contribution is 2.19. The van der Waals surface area contributed by atoms with Gasteiger partial charge in [0.2, 0.25) is 0 Å². The molecule has 1 aromatic rings. The number of halogens is 1. The van der Waals surface area contributed by atoms with Crippen LogP contribution in [0, 0.1) is 3.57 Å². The van der Waals surface area contributed by atoms with Crippen LogP contribution in [-0.4, -0.2) is 12.4 Å². The van der Waals surface area contributed by atoms with E-state index in [9.17, 15) is 4.79 Å². The average molecular weight is 290 g/mol. The van der Waals surface area contributed by atoms with E-state index in [1.165, 1.54) is 0 Å². The molecule has 0 saturated heterocycles. The summed E-state index contributed by atoms with van der Waals surface area (Å²) in [5.41, 5.74) is 0.754. The van der Waals surface area contributed by atoms with Crippen molar-refractivity contribution >= 4 is 28.4 Å². The molecule has 0 N–H and O–H groups in total. The first-order valence-electron chi connectivity index (χ1n) is 4.08. The number of carbonyl (C=O) groups is 1. The highest BCUT2D eigenvalue weighted by molar-refractivity contribution is 14.1. The van der Waals surface area contributed by atoms with Crippen LogP contribution < -0.4 is 4.74 Å². The lowest BCUT2D eigenvalue weighted by molar-refractivity contribution is 0.101. The molecule has 0 spiro atoms. The summed E-state index contributed by atoms with van der Waals surface area (Å²) < 4.78 is 6.25. The Morgan fingerprint density at radius 2 is 2.23 bits per heavy atom. The van der Waals surface area contributed by atoms with E-state index in [0.29, 0.717) is 6.61 Å². The standard InChI is InChI=1S/C10H11IO2/c1-3-13-8-4-5-9(7(2)12)10(11)6-8/h4-6H,3H2,1-2H3. The average Bonchev–Trinajstić information content (AvgIpc) is 2.04. The summed E-state index contributed by atoms with van der Waals surface area (Å²) in [5, 5.41) is 0. The molecule has 0 aliphatic heterocycles. The number of hydrogen-bond acceptors (Lipinski definition) is 2. The highest BCUT2D eigenvalue weighted by Gasteiger charge is 2.05. The predicted molar refractivity (Wildman–Crippen MR) is 60.3 cm³/mol. The number of carbonyl (C=O) groups excluding carboxylic acids is 1. The van der Waals surface area contributed by atoms with Crippen LogP contribution in [0.3, 0.4) is 0 Å². The molecule has 0 aliphatic carbocycles. The van der Waals surface area contributed by atoms with Crippen molar-refractivity contribution in [2.75, 3.05) is 6.61 Å². The van der Waals surface area contributed by atoms with Crippen LogP contribution in [0.2, 0.25) is 0 Å². The largest absolute Gasteiger partial charge is 0.494 e. The molecule has 3 heteroatoms. The van der Waals surface area contributed by atoms with Gasteiger partial charge in [0.15, 0.2) is 5.78 Å². The van der Waals surface area contributed by atoms with Gasteiger partial charge in [-0.2, -0.15) is 0 Å². The van der Waals surface area contributed by atoms with Gasteiger partial charge in [0.05, 0.1) is 6.61 Å². The molecule has 0 bridgehead atoms. The summed E-state index contributed by atoms with van der Waals surface area (Å²) in [6.07, 6.45) is 0. The van der Waals surface area contributed by atoms with Gasteiger partial charge in [-0.15, -0.1) is 0 Å². The number of ketones is 1. The minimum atomic E-state index is 0.0902. The lowest BCUT2D eigenvalue weighted by Crippen LogP contribution is -1.97. The third kappa shape index (κ3) is 2.69. The number of benzene rings is 1. The van der Waals surface area contributed by atoms with Crippen LogP contribution in [0.1, 0.15) is 24.2 Å². The Kier molecular flexibility index (Phi) is 3.71. The second kappa shape index (κ2) is 4.60. The zero-order valence-electron chi connectivity index (χ0n) is 7.63. The summed E-state index contributed by atoms with van der Waals surface area (Å²) in [4.78, 5) is 11.1. The third-order valence-electron chi connectivity index (χ3n) is 1.63. The zero-order chi connectivity index (χ0) is 9.84. The molecule has 0 aromatic heterocycles. The minimum Gasteiger partial charge on any atom is -0.494 e. The quantitative estimate of drug-likeness (QED) is 0.632. The topological polar surface area (TPSA) is 26.3 Å². The first-order valence-corrected chi connectivity index (χ1v) is 5.16. The van der Waals surface area contributed by atoms with Crippen LogP contribution in [0.4, 0.5) is 0 Å². The van der Waals surface area contributed by atoms with Gasteiger partial charge < -0.3 is 4.74 Å². The second-order valence-electron chi connectivity index (χ2n) is 2.63. The van der Waals surface area contributed by atoms with E-state index >= 15 is 0 Å². The number of hydrogen-bond donors (Lipinski definition) is 0. The van der Waals surface area contributed by atoms with Crippen LogP contribution >= 0.6 is 22.6 Å². The van der Waals surface area contributed by atoms with Crippen molar-refractivity contribution in [1.82, 2.24) is 0 Å².